The maximum atomic E-state index is 13.3. The third-order valence-electron chi connectivity index (χ3n) is 3.98. The first-order valence-corrected chi connectivity index (χ1v) is 6.86. The molecule has 0 radical (unpaired) electrons. The van der Waals surface area contributed by atoms with Gasteiger partial charge in [0.05, 0.1) is 12.6 Å². The molecule has 4 heteroatoms. The average Bonchev–Trinajstić information content (AvgIpc) is 2.76. The van der Waals surface area contributed by atoms with Crippen molar-refractivity contribution in [3.8, 4) is 5.75 Å². The summed E-state index contributed by atoms with van der Waals surface area (Å²) >= 11 is 0. The Kier molecular flexibility index (Phi) is 3.21. The lowest BCUT2D eigenvalue weighted by Gasteiger charge is -2.18. The third-order valence-corrected chi connectivity index (χ3v) is 3.98. The average molecular weight is 289 g/mol. The number of hydrogen-bond donors (Lipinski definition) is 1. The van der Waals surface area contributed by atoms with Gasteiger partial charge in [-0.2, -0.15) is 0 Å². The Morgan fingerprint density at radius 1 is 1.05 bits per heavy atom. The van der Waals surface area contributed by atoms with Crippen LogP contribution in [0.5, 0.6) is 5.75 Å². The van der Waals surface area contributed by atoms with Crippen molar-refractivity contribution < 1.29 is 13.5 Å². The van der Waals surface area contributed by atoms with Crippen LogP contribution in [0.2, 0.25) is 0 Å². The highest BCUT2D eigenvalue weighted by molar-refractivity contribution is 5.47. The lowest BCUT2D eigenvalue weighted by molar-refractivity contribution is 0.291. The van der Waals surface area contributed by atoms with Crippen LogP contribution in [-0.2, 0) is 5.41 Å². The van der Waals surface area contributed by atoms with Crippen molar-refractivity contribution in [2.24, 2.45) is 5.73 Å². The molecule has 0 spiro atoms. The highest BCUT2D eigenvalue weighted by Gasteiger charge is 2.32. The van der Waals surface area contributed by atoms with Gasteiger partial charge in [-0.3, -0.25) is 0 Å². The number of nitrogens with two attached hydrogens (primary N) is 1. The molecule has 0 bridgehead atoms. The minimum atomic E-state index is -0.882. The second kappa shape index (κ2) is 4.81. The van der Waals surface area contributed by atoms with Crippen LogP contribution < -0.4 is 10.5 Å². The van der Waals surface area contributed by atoms with Gasteiger partial charge in [0.1, 0.15) is 5.75 Å². The van der Waals surface area contributed by atoms with Crippen molar-refractivity contribution in [3.63, 3.8) is 0 Å². The second-order valence-electron chi connectivity index (χ2n) is 6.08. The maximum Gasteiger partial charge on any atom is 0.159 e. The molecule has 0 aromatic heterocycles. The predicted molar refractivity (Wildman–Crippen MR) is 77.4 cm³/mol. The number of benzene rings is 2. The molecule has 2 nitrogen and oxygen atoms in total. The molecule has 1 atom stereocenters. The normalized spacial score (nSPS) is 17.2. The van der Waals surface area contributed by atoms with Crippen LogP contribution in [0, 0.1) is 11.6 Å². The minimum Gasteiger partial charge on any atom is -0.492 e. The number of fused-ring (bicyclic) bond motifs is 1. The van der Waals surface area contributed by atoms with Crippen molar-refractivity contribution in [1.29, 1.82) is 0 Å². The molecule has 0 fully saturated rings. The molecular weight excluding hydrogens is 272 g/mol. The first-order valence-electron chi connectivity index (χ1n) is 6.86. The molecule has 2 aromatic carbocycles. The molecule has 1 heterocycles. The Balaban J connectivity index is 1.99. The molecule has 0 amide bonds. The van der Waals surface area contributed by atoms with Crippen LogP contribution in [0.15, 0.2) is 36.4 Å². The fraction of sp³-hybridized carbons (Fsp3) is 0.294. The van der Waals surface area contributed by atoms with Crippen LogP contribution in [-0.4, -0.2) is 6.61 Å². The summed E-state index contributed by atoms with van der Waals surface area (Å²) in [5.74, 6) is -0.886. The molecule has 0 saturated carbocycles. The Labute approximate surface area is 122 Å². The van der Waals surface area contributed by atoms with Crippen LogP contribution >= 0.6 is 0 Å². The van der Waals surface area contributed by atoms with Crippen molar-refractivity contribution in [1.82, 2.24) is 0 Å². The van der Waals surface area contributed by atoms with Gasteiger partial charge in [0.2, 0.25) is 0 Å². The van der Waals surface area contributed by atoms with Crippen molar-refractivity contribution >= 4 is 0 Å². The summed E-state index contributed by atoms with van der Waals surface area (Å²) in [7, 11) is 0. The quantitative estimate of drug-likeness (QED) is 0.915. The highest BCUT2D eigenvalue weighted by atomic mass is 19.2. The highest BCUT2D eigenvalue weighted by Crippen LogP contribution is 2.39. The molecule has 110 valence electrons. The molecule has 1 aliphatic rings. The van der Waals surface area contributed by atoms with Crippen LogP contribution in [0.1, 0.15) is 36.6 Å². The first kappa shape index (κ1) is 14.0. The van der Waals surface area contributed by atoms with Gasteiger partial charge in [0.25, 0.3) is 0 Å². The van der Waals surface area contributed by atoms with Crippen LogP contribution in [0.3, 0.4) is 0 Å². The number of ether oxygens (including phenoxy) is 1. The van der Waals surface area contributed by atoms with Gasteiger partial charge in [-0.15, -0.1) is 0 Å². The van der Waals surface area contributed by atoms with Gasteiger partial charge in [-0.1, -0.05) is 26.0 Å². The Bertz CT molecular complexity index is 697. The molecule has 0 saturated heterocycles. The summed E-state index contributed by atoms with van der Waals surface area (Å²) in [5, 5.41) is 0. The predicted octanol–water partition coefficient (Wildman–Crippen LogP) is 3.68. The Morgan fingerprint density at radius 3 is 2.43 bits per heavy atom. The van der Waals surface area contributed by atoms with Gasteiger partial charge in [0.15, 0.2) is 11.6 Å². The Morgan fingerprint density at radius 2 is 1.71 bits per heavy atom. The molecule has 21 heavy (non-hydrogen) atoms. The van der Waals surface area contributed by atoms with E-state index in [0.717, 1.165) is 29.0 Å². The monoisotopic (exact) mass is 289 g/mol. The van der Waals surface area contributed by atoms with Crippen LogP contribution in [0.4, 0.5) is 8.78 Å². The Hall–Kier alpha value is -1.94. The summed E-state index contributed by atoms with van der Waals surface area (Å²) < 4.78 is 32.0. The van der Waals surface area contributed by atoms with Crippen molar-refractivity contribution in [2.75, 3.05) is 6.61 Å². The lowest BCUT2D eigenvalue weighted by atomic mass is 9.85. The zero-order valence-electron chi connectivity index (χ0n) is 12.0. The zero-order valence-corrected chi connectivity index (χ0v) is 12.0. The maximum absolute atomic E-state index is 13.3. The van der Waals surface area contributed by atoms with Gasteiger partial charge in [0, 0.05) is 11.0 Å². The largest absolute Gasteiger partial charge is 0.492 e. The van der Waals surface area contributed by atoms with Gasteiger partial charge in [-0.05, 0) is 35.4 Å². The minimum absolute atomic E-state index is 0.0703. The molecule has 1 aliphatic heterocycles. The smallest absolute Gasteiger partial charge is 0.159 e. The van der Waals surface area contributed by atoms with E-state index in [1.165, 1.54) is 6.07 Å². The summed E-state index contributed by atoms with van der Waals surface area (Å²) in [5.41, 5.74) is 8.62. The summed E-state index contributed by atoms with van der Waals surface area (Å²) in [4.78, 5) is 0. The molecule has 3 rings (SSSR count). The van der Waals surface area contributed by atoms with Gasteiger partial charge >= 0.3 is 0 Å². The standard InChI is InChI=1S/C17H17F2NO/c1-17(2)9-21-15-6-4-10(7-12(15)17)16(20)11-3-5-13(18)14(19)8-11/h3-8,16H,9,20H2,1-2H3. The van der Waals surface area contributed by atoms with Crippen molar-refractivity contribution in [2.45, 2.75) is 25.3 Å². The van der Waals surface area contributed by atoms with E-state index in [1.54, 1.807) is 0 Å². The van der Waals surface area contributed by atoms with E-state index < -0.39 is 17.7 Å². The number of hydrogen-bond acceptors (Lipinski definition) is 2. The topological polar surface area (TPSA) is 35.2 Å². The number of rotatable bonds is 2. The van der Waals surface area contributed by atoms with E-state index in [0.29, 0.717) is 12.2 Å². The first-order chi connectivity index (χ1) is 9.88. The van der Waals surface area contributed by atoms with Gasteiger partial charge in [-0.25, -0.2) is 8.78 Å². The van der Waals surface area contributed by atoms with E-state index in [9.17, 15) is 8.78 Å². The van der Waals surface area contributed by atoms with E-state index in [1.807, 2.05) is 18.2 Å². The lowest BCUT2D eigenvalue weighted by Crippen LogP contribution is -2.19. The third kappa shape index (κ3) is 2.40. The fourth-order valence-electron chi connectivity index (χ4n) is 2.63. The number of halogens is 2. The molecule has 2 aromatic rings. The fourth-order valence-corrected chi connectivity index (χ4v) is 2.63. The van der Waals surface area contributed by atoms with Gasteiger partial charge < -0.3 is 10.5 Å². The van der Waals surface area contributed by atoms with Crippen molar-refractivity contribution in [3.05, 3.63) is 64.7 Å². The van der Waals surface area contributed by atoms with E-state index >= 15 is 0 Å². The van der Waals surface area contributed by atoms with Crippen LogP contribution in [0.25, 0.3) is 0 Å². The SMILES string of the molecule is CC1(C)COc2ccc(C(N)c3ccc(F)c(F)c3)cc21. The zero-order chi connectivity index (χ0) is 15.2. The molecule has 2 N–H and O–H groups in total. The molecule has 1 unspecified atom stereocenters. The van der Waals surface area contributed by atoms with E-state index in [4.69, 9.17) is 10.5 Å². The second-order valence-corrected chi connectivity index (χ2v) is 6.08. The van der Waals surface area contributed by atoms with E-state index in [-0.39, 0.29) is 5.41 Å². The molecule has 0 aliphatic carbocycles. The molecular formula is C17H17F2NO. The summed E-state index contributed by atoms with van der Waals surface area (Å²) in [6.45, 7) is 4.84. The summed E-state index contributed by atoms with van der Waals surface area (Å²) in [6.07, 6.45) is 0. The summed E-state index contributed by atoms with van der Waals surface area (Å²) in [6, 6.07) is 9.01. The van der Waals surface area contributed by atoms with E-state index in [2.05, 4.69) is 13.8 Å².